The van der Waals surface area contributed by atoms with Gasteiger partial charge in [-0.3, -0.25) is 9.69 Å². The number of carbonyl (C=O) groups is 1. The van der Waals surface area contributed by atoms with Gasteiger partial charge in [0.25, 0.3) is 0 Å². The van der Waals surface area contributed by atoms with E-state index in [1.165, 1.54) is 32.1 Å². The van der Waals surface area contributed by atoms with Crippen molar-refractivity contribution in [2.75, 3.05) is 18.4 Å². The van der Waals surface area contributed by atoms with Gasteiger partial charge in [0.15, 0.2) is 0 Å². The first kappa shape index (κ1) is 17.7. The highest BCUT2D eigenvalue weighted by molar-refractivity contribution is 5.98. The SMILES string of the molecule is C[C@@H](C(=O)Nc1ccccc1-c1ccccc1)N1CCCCCCC1. The summed E-state index contributed by atoms with van der Waals surface area (Å²) in [4.78, 5) is 15.2. The molecule has 0 aromatic heterocycles. The quantitative estimate of drug-likeness (QED) is 0.857. The second-order valence-electron chi connectivity index (χ2n) is 6.88. The maximum absolute atomic E-state index is 12.8. The molecule has 3 rings (SSSR count). The lowest BCUT2D eigenvalue weighted by Crippen LogP contribution is -2.43. The van der Waals surface area contributed by atoms with Crippen molar-refractivity contribution >= 4 is 11.6 Å². The van der Waals surface area contributed by atoms with Gasteiger partial charge in [-0.05, 0) is 44.5 Å². The minimum Gasteiger partial charge on any atom is -0.324 e. The van der Waals surface area contributed by atoms with Gasteiger partial charge in [-0.2, -0.15) is 0 Å². The highest BCUT2D eigenvalue weighted by atomic mass is 16.2. The van der Waals surface area contributed by atoms with Crippen LogP contribution in [0.25, 0.3) is 11.1 Å². The summed E-state index contributed by atoms with van der Waals surface area (Å²) in [7, 11) is 0. The number of hydrogen-bond donors (Lipinski definition) is 1. The predicted octanol–water partition coefficient (Wildman–Crippen LogP) is 4.95. The molecule has 3 heteroatoms. The molecule has 1 fully saturated rings. The average Bonchev–Trinajstić information content (AvgIpc) is 2.62. The fourth-order valence-electron chi connectivity index (χ4n) is 3.52. The van der Waals surface area contributed by atoms with Gasteiger partial charge >= 0.3 is 0 Å². The van der Waals surface area contributed by atoms with Gasteiger partial charge in [0.05, 0.1) is 6.04 Å². The first-order valence-electron chi connectivity index (χ1n) is 9.45. The minimum atomic E-state index is -0.0954. The molecule has 25 heavy (non-hydrogen) atoms. The Morgan fingerprint density at radius 1 is 0.880 bits per heavy atom. The number of amides is 1. The van der Waals surface area contributed by atoms with E-state index in [9.17, 15) is 4.79 Å². The smallest absolute Gasteiger partial charge is 0.241 e. The average molecular weight is 336 g/mol. The Bertz CT molecular complexity index is 675. The van der Waals surface area contributed by atoms with Crippen molar-refractivity contribution in [3.8, 4) is 11.1 Å². The van der Waals surface area contributed by atoms with Crippen LogP contribution >= 0.6 is 0 Å². The number of anilines is 1. The number of carbonyl (C=O) groups excluding carboxylic acids is 1. The Kier molecular flexibility index (Phi) is 6.24. The van der Waals surface area contributed by atoms with Crippen molar-refractivity contribution in [1.82, 2.24) is 4.90 Å². The summed E-state index contributed by atoms with van der Waals surface area (Å²) < 4.78 is 0. The Labute approximate surface area is 151 Å². The molecule has 0 radical (unpaired) electrons. The first-order chi connectivity index (χ1) is 12.3. The number of nitrogens with one attached hydrogen (secondary N) is 1. The minimum absolute atomic E-state index is 0.0870. The third-order valence-electron chi connectivity index (χ3n) is 5.09. The van der Waals surface area contributed by atoms with Crippen LogP contribution in [0.2, 0.25) is 0 Å². The number of nitrogens with zero attached hydrogens (tertiary/aromatic N) is 1. The van der Waals surface area contributed by atoms with E-state index in [4.69, 9.17) is 0 Å². The Balaban J connectivity index is 1.72. The number of likely N-dealkylation sites (tertiary alicyclic amines) is 1. The molecule has 1 aliphatic rings. The van der Waals surface area contributed by atoms with Gasteiger partial charge in [-0.15, -0.1) is 0 Å². The molecular formula is C22H28N2O. The van der Waals surface area contributed by atoms with E-state index in [-0.39, 0.29) is 11.9 Å². The monoisotopic (exact) mass is 336 g/mol. The van der Waals surface area contributed by atoms with Crippen molar-refractivity contribution in [2.24, 2.45) is 0 Å². The van der Waals surface area contributed by atoms with E-state index in [1.54, 1.807) is 0 Å². The molecule has 0 aliphatic carbocycles. The zero-order valence-corrected chi connectivity index (χ0v) is 15.1. The summed E-state index contributed by atoms with van der Waals surface area (Å²) in [5, 5.41) is 3.16. The summed E-state index contributed by atoms with van der Waals surface area (Å²) in [6.45, 7) is 4.08. The molecule has 1 atom stereocenters. The molecule has 0 unspecified atom stereocenters. The van der Waals surface area contributed by atoms with E-state index in [0.29, 0.717) is 0 Å². The number of rotatable bonds is 4. The third-order valence-corrected chi connectivity index (χ3v) is 5.09. The summed E-state index contributed by atoms with van der Waals surface area (Å²) in [5.74, 6) is 0.0870. The van der Waals surface area contributed by atoms with Crippen molar-refractivity contribution in [2.45, 2.75) is 45.1 Å². The largest absolute Gasteiger partial charge is 0.324 e. The molecular weight excluding hydrogens is 308 g/mol. The highest BCUT2D eigenvalue weighted by Crippen LogP contribution is 2.27. The van der Waals surface area contributed by atoms with Gasteiger partial charge in [0.1, 0.15) is 0 Å². The molecule has 1 amide bonds. The zero-order chi connectivity index (χ0) is 17.5. The lowest BCUT2D eigenvalue weighted by molar-refractivity contribution is -0.120. The Morgan fingerprint density at radius 2 is 1.48 bits per heavy atom. The van der Waals surface area contributed by atoms with Gasteiger partial charge in [0.2, 0.25) is 5.91 Å². The highest BCUT2D eigenvalue weighted by Gasteiger charge is 2.22. The van der Waals surface area contributed by atoms with Crippen molar-refractivity contribution in [3.05, 3.63) is 54.6 Å². The Morgan fingerprint density at radius 3 is 2.20 bits per heavy atom. The van der Waals surface area contributed by atoms with Crippen LogP contribution in [-0.2, 0) is 4.79 Å². The predicted molar refractivity (Wildman–Crippen MR) is 105 cm³/mol. The fraction of sp³-hybridized carbons (Fsp3) is 0.409. The van der Waals surface area contributed by atoms with E-state index >= 15 is 0 Å². The molecule has 3 nitrogen and oxygen atoms in total. The van der Waals surface area contributed by atoms with Crippen LogP contribution in [0.4, 0.5) is 5.69 Å². The molecule has 0 saturated carbocycles. The third kappa shape index (κ3) is 4.70. The lowest BCUT2D eigenvalue weighted by Gasteiger charge is -2.30. The normalized spacial score (nSPS) is 17.3. The molecule has 1 heterocycles. The molecule has 132 valence electrons. The maximum Gasteiger partial charge on any atom is 0.241 e. The Hall–Kier alpha value is -2.13. The number of benzene rings is 2. The molecule has 1 N–H and O–H groups in total. The number of hydrogen-bond acceptors (Lipinski definition) is 2. The van der Waals surface area contributed by atoms with Gasteiger partial charge in [0, 0.05) is 11.3 Å². The lowest BCUT2D eigenvalue weighted by atomic mass is 10.0. The van der Waals surface area contributed by atoms with Crippen LogP contribution < -0.4 is 5.32 Å². The molecule has 1 aliphatic heterocycles. The van der Waals surface area contributed by atoms with Gasteiger partial charge in [-0.1, -0.05) is 67.8 Å². The standard InChI is InChI=1S/C22H28N2O/c1-18(24-16-10-3-2-4-11-17-24)22(25)23-21-15-9-8-14-20(21)19-12-6-5-7-13-19/h5-9,12-15,18H,2-4,10-11,16-17H2,1H3,(H,23,25)/t18-/m0/s1. The second-order valence-corrected chi connectivity index (χ2v) is 6.88. The van der Waals surface area contributed by atoms with Crippen LogP contribution in [0.1, 0.15) is 39.0 Å². The van der Waals surface area contributed by atoms with E-state index in [0.717, 1.165) is 29.9 Å². The first-order valence-corrected chi connectivity index (χ1v) is 9.45. The van der Waals surface area contributed by atoms with Crippen molar-refractivity contribution in [3.63, 3.8) is 0 Å². The fourth-order valence-corrected chi connectivity index (χ4v) is 3.52. The molecule has 2 aromatic rings. The zero-order valence-electron chi connectivity index (χ0n) is 15.1. The van der Waals surface area contributed by atoms with Crippen LogP contribution in [-0.4, -0.2) is 29.9 Å². The molecule has 1 saturated heterocycles. The topological polar surface area (TPSA) is 32.3 Å². The molecule has 0 spiro atoms. The van der Waals surface area contributed by atoms with Crippen LogP contribution in [0.3, 0.4) is 0 Å². The number of para-hydroxylation sites is 1. The van der Waals surface area contributed by atoms with Crippen LogP contribution in [0.15, 0.2) is 54.6 Å². The van der Waals surface area contributed by atoms with E-state index < -0.39 is 0 Å². The molecule has 0 bridgehead atoms. The van der Waals surface area contributed by atoms with Crippen LogP contribution in [0, 0.1) is 0 Å². The van der Waals surface area contributed by atoms with Gasteiger partial charge < -0.3 is 5.32 Å². The molecule has 2 aromatic carbocycles. The summed E-state index contributed by atoms with van der Waals surface area (Å²) >= 11 is 0. The van der Waals surface area contributed by atoms with Crippen molar-refractivity contribution in [1.29, 1.82) is 0 Å². The maximum atomic E-state index is 12.8. The summed E-state index contributed by atoms with van der Waals surface area (Å²) in [6.07, 6.45) is 6.28. The van der Waals surface area contributed by atoms with Crippen molar-refractivity contribution < 1.29 is 4.79 Å². The summed E-state index contributed by atoms with van der Waals surface area (Å²) in [5.41, 5.74) is 3.08. The second kappa shape index (κ2) is 8.82. The van der Waals surface area contributed by atoms with Crippen LogP contribution in [0.5, 0.6) is 0 Å². The summed E-state index contributed by atoms with van der Waals surface area (Å²) in [6, 6.07) is 18.2. The van der Waals surface area contributed by atoms with E-state index in [1.807, 2.05) is 43.3 Å². The van der Waals surface area contributed by atoms with Gasteiger partial charge in [-0.25, -0.2) is 0 Å². The van der Waals surface area contributed by atoms with E-state index in [2.05, 4.69) is 28.4 Å².